The Labute approximate surface area is 163 Å². The quantitative estimate of drug-likeness (QED) is 0.667. The molecule has 1 aromatic carbocycles. The molecular formula is C22H24F2N4. The van der Waals surface area contributed by atoms with Gasteiger partial charge in [0.2, 0.25) is 0 Å². The van der Waals surface area contributed by atoms with Gasteiger partial charge in [-0.15, -0.1) is 0 Å². The number of aromatic nitrogens is 3. The minimum atomic E-state index is -0.512. The molecular weight excluding hydrogens is 358 g/mol. The van der Waals surface area contributed by atoms with Crippen LogP contribution in [0.3, 0.4) is 0 Å². The van der Waals surface area contributed by atoms with E-state index < -0.39 is 11.6 Å². The van der Waals surface area contributed by atoms with Crippen molar-refractivity contribution in [3.8, 4) is 0 Å². The molecule has 0 bridgehead atoms. The average molecular weight is 382 g/mol. The summed E-state index contributed by atoms with van der Waals surface area (Å²) in [6.07, 6.45) is 6.03. The second-order valence-electron chi connectivity index (χ2n) is 7.49. The average Bonchev–Trinajstić information content (AvgIpc) is 3.10. The van der Waals surface area contributed by atoms with Crippen molar-refractivity contribution in [2.45, 2.75) is 31.7 Å². The van der Waals surface area contributed by atoms with Crippen LogP contribution >= 0.6 is 0 Å². The van der Waals surface area contributed by atoms with E-state index in [0.717, 1.165) is 43.7 Å². The molecule has 0 aliphatic carbocycles. The van der Waals surface area contributed by atoms with Crippen molar-refractivity contribution in [2.75, 3.05) is 13.1 Å². The Hall–Kier alpha value is -2.60. The lowest BCUT2D eigenvalue weighted by molar-refractivity contribution is 0.194. The molecule has 3 aromatic rings. The fourth-order valence-corrected chi connectivity index (χ4v) is 3.91. The van der Waals surface area contributed by atoms with E-state index in [9.17, 15) is 8.78 Å². The summed E-state index contributed by atoms with van der Waals surface area (Å²) in [5.74, 6) is -0.648. The summed E-state index contributed by atoms with van der Waals surface area (Å²) in [4.78, 5) is 7.06. The first-order chi connectivity index (χ1) is 13.6. The van der Waals surface area contributed by atoms with Crippen molar-refractivity contribution < 1.29 is 8.78 Å². The zero-order chi connectivity index (χ0) is 19.5. The standard InChI is InChI=1S/C22H24F2N4/c1-27-18(9-10-26-27)15-28-11-3-4-17(14-28)22-8-7-16(13-25-22)12-19-20(23)5-2-6-21(19)24/h2,5-10,13,17H,3-4,11-12,14-15H2,1H3. The fourth-order valence-electron chi connectivity index (χ4n) is 3.91. The van der Waals surface area contributed by atoms with Crippen LogP contribution in [0.4, 0.5) is 8.78 Å². The van der Waals surface area contributed by atoms with E-state index in [0.29, 0.717) is 5.92 Å². The van der Waals surface area contributed by atoms with Gasteiger partial charge in [-0.3, -0.25) is 14.6 Å². The Morgan fingerprint density at radius 1 is 1.11 bits per heavy atom. The van der Waals surface area contributed by atoms with Gasteiger partial charge < -0.3 is 0 Å². The van der Waals surface area contributed by atoms with Crippen LogP contribution in [-0.2, 0) is 20.0 Å². The molecule has 28 heavy (non-hydrogen) atoms. The van der Waals surface area contributed by atoms with Gasteiger partial charge in [-0.2, -0.15) is 5.10 Å². The van der Waals surface area contributed by atoms with Crippen LogP contribution in [-0.4, -0.2) is 32.8 Å². The first-order valence-electron chi connectivity index (χ1n) is 9.67. The highest BCUT2D eigenvalue weighted by atomic mass is 19.1. The third kappa shape index (κ3) is 4.12. The van der Waals surface area contributed by atoms with Crippen LogP contribution in [0.2, 0.25) is 0 Å². The molecule has 0 N–H and O–H groups in total. The van der Waals surface area contributed by atoms with Crippen molar-refractivity contribution in [1.29, 1.82) is 0 Å². The second-order valence-corrected chi connectivity index (χ2v) is 7.49. The van der Waals surface area contributed by atoms with Gasteiger partial charge in [0.05, 0.1) is 5.69 Å². The van der Waals surface area contributed by atoms with E-state index in [1.807, 2.05) is 30.1 Å². The van der Waals surface area contributed by atoms with Crippen molar-refractivity contribution in [3.63, 3.8) is 0 Å². The molecule has 1 saturated heterocycles. The molecule has 0 radical (unpaired) electrons. The maximum absolute atomic E-state index is 13.9. The van der Waals surface area contributed by atoms with Crippen LogP contribution in [0.25, 0.3) is 0 Å². The van der Waals surface area contributed by atoms with Gasteiger partial charge >= 0.3 is 0 Å². The Kier molecular flexibility index (Phi) is 5.48. The fraction of sp³-hybridized carbons (Fsp3) is 0.364. The molecule has 1 atom stereocenters. The number of pyridine rings is 1. The molecule has 1 aliphatic rings. The third-order valence-corrected chi connectivity index (χ3v) is 5.52. The van der Waals surface area contributed by atoms with Gasteiger partial charge in [0.1, 0.15) is 11.6 Å². The number of likely N-dealkylation sites (tertiary alicyclic amines) is 1. The number of benzene rings is 1. The zero-order valence-corrected chi connectivity index (χ0v) is 16.0. The molecule has 1 aliphatic heterocycles. The highest BCUT2D eigenvalue weighted by molar-refractivity contribution is 5.28. The lowest BCUT2D eigenvalue weighted by Gasteiger charge is -2.32. The molecule has 6 heteroatoms. The SMILES string of the molecule is Cn1nccc1CN1CCCC(c2ccc(Cc3c(F)cccc3F)cn2)C1. The number of hydrogen-bond acceptors (Lipinski definition) is 3. The summed E-state index contributed by atoms with van der Waals surface area (Å²) in [6, 6.07) is 9.97. The van der Waals surface area contributed by atoms with Crippen molar-refractivity contribution in [1.82, 2.24) is 19.7 Å². The Balaban J connectivity index is 1.42. The lowest BCUT2D eigenvalue weighted by atomic mass is 9.93. The summed E-state index contributed by atoms with van der Waals surface area (Å²) in [5, 5.41) is 4.24. The van der Waals surface area contributed by atoms with Gasteiger partial charge in [-0.1, -0.05) is 12.1 Å². The van der Waals surface area contributed by atoms with Gasteiger partial charge in [0, 0.05) is 56.1 Å². The van der Waals surface area contributed by atoms with E-state index >= 15 is 0 Å². The summed E-state index contributed by atoms with van der Waals surface area (Å²) in [6.45, 7) is 2.92. The molecule has 2 aromatic heterocycles. The van der Waals surface area contributed by atoms with Crippen LogP contribution in [0.5, 0.6) is 0 Å². The van der Waals surface area contributed by atoms with Crippen LogP contribution in [0.1, 0.15) is 41.3 Å². The second kappa shape index (κ2) is 8.19. The summed E-state index contributed by atoms with van der Waals surface area (Å²) >= 11 is 0. The van der Waals surface area contributed by atoms with E-state index in [1.165, 1.54) is 23.9 Å². The zero-order valence-electron chi connectivity index (χ0n) is 16.0. The topological polar surface area (TPSA) is 34.0 Å². The number of aryl methyl sites for hydroxylation is 1. The predicted molar refractivity (Wildman–Crippen MR) is 104 cm³/mol. The number of piperidine rings is 1. The molecule has 4 rings (SSSR count). The van der Waals surface area contributed by atoms with Crippen molar-refractivity contribution >= 4 is 0 Å². The first kappa shape index (κ1) is 18.7. The summed E-state index contributed by atoms with van der Waals surface area (Å²) in [5.41, 5.74) is 3.16. The van der Waals surface area contributed by atoms with E-state index in [4.69, 9.17) is 0 Å². The minimum Gasteiger partial charge on any atom is -0.297 e. The van der Waals surface area contributed by atoms with Gasteiger partial charge in [-0.05, 0) is 49.2 Å². The van der Waals surface area contributed by atoms with Crippen LogP contribution < -0.4 is 0 Å². The maximum Gasteiger partial charge on any atom is 0.129 e. The first-order valence-corrected chi connectivity index (χ1v) is 9.67. The molecule has 1 unspecified atom stereocenters. The van der Waals surface area contributed by atoms with Crippen LogP contribution in [0, 0.1) is 11.6 Å². The molecule has 0 amide bonds. The summed E-state index contributed by atoms with van der Waals surface area (Å²) < 4.78 is 29.6. The predicted octanol–water partition coefficient (Wildman–Crippen LogP) is 4.06. The smallest absolute Gasteiger partial charge is 0.129 e. The van der Waals surface area contributed by atoms with E-state index in [1.54, 1.807) is 6.20 Å². The molecule has 3 heterocycles. The maximum atomic E-state index is 13.9. The molecule has 1 fully saturated rings. The van der Waals surface area contributed by atoms with Crippen molar-refractivity contribution in [2.24, 2.45) is 7.05 Å². The van der Waals surface area contributed by atoms with E-state index in [-0.39, 0.29) is 12.0 Å². The number of hydrogen-bond donors (Lipinski definition) is 0. The molecule has 0 saturated carbocycles. The van der Waals surface area contributed by atoms with E-state index in [2.05, 4.69) is 21.0 Å². The van der Waals surface area contributed by atoms with Gasteiger partial charge in [0.25, 0.3) is 0 Å². The number of halogens is 2. The van der Waals surface area contributed by atoms with Crippen molar-refractivity contribution in [3.05, 3.63) is 82.9 Å². The van der Waals surface area contributed by atoms with Crippen LogP contribution in [0.15, 0.2) is 48.8 Å². The highest BCUT2D eigenvalue weighted by Gasteiger charge is 2.23. The number of rotatable bonds is 5. The monoisotopic (exact) mass is 382 g/mol. The summed E-state index contributed by atoms with van der Waals surface area (Å²) in [7, 11) is 1.97. The Morgan fingerprint density at radius 3 is 2.61 bits per heavy atom. The number of nitrogens with zero attached hydrogens (tertiary/aromatic N) is 4. The third-order valence-electron chi connectivity index (χ3n) is 5.52. The largest absolute Gasteiger partial charge is 0.297 e. The Bertz CT molecular complexity index is 916. The highest BCUT2D eigenvalue weighted by Crippen LogP contribution is 2.27. The van der Waals surface area contributed by atoms with Gasteiger partial charge in [-0.25, -0.2) is 8.78 Å². The van der Waals surface area contributed by atoms with Gasteiger partial charge in [0.15, 0.2) is 0 Å². The normalized spacial score (nSPS) is 17.8. The Morgan fingerprint density at radius 2 is 1.93 bits per heavy atom. The minimum absolute atomic E-state index is 0.0945. The lowest BCUT2D eigenvalue weighted by Crippen LogP contribution is -2.34. The molecule has 146 valence electrons. The molecule has 0 spiro atoms. The molecule has 4 nitrogen and oxygen atoms in total.